The number of carbonyl (C=O) groups excluding carboxylic acids is 1. The number of esters is 1. The molecule has 0 radical (unpaired) electrons. The number of hydrogen-bond acceptors (Lipinski definition) is 2. The fraction of sp³-hybridized carbons (Fsp3) is 0.933. The molecule has 0 aromatic heterocycles. The van der Waals surface area contributed by atoms with Crippen molar-refractivity contribution in [2.75, 3.05) is 0 Å². The predicted octanol–water partition coefficient (Wildman–Crippen LogP) is 3.01. The van der Waals surface area contributed by atoms with Crippen molar-refractivity contribution in [1.82, 2.24) is 0 Å². The number of hydrogen-bond donors (Lipinski definition) is 0. The normalized spacial score (nSPS) is 63.7. The van der Waals surface area contributed by atoms with Crippen LogP contribution in [0.2, 0.25) is 0 Å². The zero-order valence-corrected chi connectivity index (χ0v) is 11.0. The number of ether oxygens (including phenoxy) is 1. The van der Waals surface area contributed by atoms with Gasteiger partial charge in [-0.3, -0.25) is 4.79 Å². The third-order valence-electron chi connectivity index (χ3n) is 6.70. The van der Waals surface area contributed by atoms with Crippen molar-refractivity contribution in [3.05, 3.63) is 0 Å². The molecule has 1 heterocycles. The minimum absolute atomic E-state index is 0.0666. The Balaban J connectivity index is 1.74. The van der Waals surface area contributed by atoms with Gasteiger partial charge in [0.25, 0.3) is 0 Å². The molecule has 3 saturated carbocycles. The third kappa shape index (κ3) is 1.06. The maximum Gasteiger partial charge on any atom is 0.309 e. The Hall–Kier alpha value is -0.530. The minimum Gasteiger partial charge on any atom is -0.461 e. The highest BCUT2D eigenvalue weighted by atomic mass is 16.6. The Labute approximate surface area is 103 Å². The molecule has 17 heavy (non-hydrogen) atoms. The van der Waals surface area contributed by atoms with Gasteiger partial charge in [0.2, 0.25) is 0 Å². The molecule has 2 unspecified atom stereocenters. The van der Waals surface area contributed by atoms with Gasteiger partial charge in [0.1, 0.15) is 6.10 Å². The van der Waals surface area contributed by atoms with E-state index in [2.05, 4.69) is 20.8 Å². The summed E-state index contributed by atoms with van der Waals surface area (Å²) in [5.41, 5.74) is 0.964. The summed E-state index contributed by atoms with van der Waals surface area (Å²) in [6.45, 7) is 6.95. The monoisotopic (exact) mass is 234 g/mol. The Morgan fingerprint density at radius 3 is 2.82 bits per heavy atom. The lowest BCUT2D eigenvalue weighted by atomic mass is 9.59. The molecule has 2 heteroatoms. The maximum atomic E-state index is 11.8. The van der Waals surface area contributed by atoms with E-state index in [1.807, 2.05) is 0 Å². The molecule has 2 nitrogen and oxygen atoms in total. The van der Waals surface area contributed by atoms with Crippen LogP contribution in [0.4, 0.5) is 0 Å². The van der Waals surface area contributed by atoms with Crippen molar-refractivity contribution in [3.63, 3.8) is 0 Å². The first-order valence-corrected chi connectivity index (χ1v) is 7.16. The Morgan fingerprint density at radius 2 is 2.06 bits per heavy atom. The second-order valence-electron chi connectivity index (χ2n) is 7.64. The van der Waals surface area contributed by atoms with Crippen molar-refractivity contribution in [3.8, 4) is 0 Å². The predicted molar refractivity (Wildman–Crippen MR) is 64.2 cm³/mol. The van der Waals surface area contributed by atoms with E-state index >= 15 is 0 Å². The van der Waals surface area contributed by atoms with E-state index < -0.39 is 0 Å². The van der Waals surface area contributed by atoms with Gasteiger partial charge >= 0.3 is 5.97 Å². The topological polar surface area (TPSA) is 26.3 Å². The Morgan fingerprint density at radius 1 is 1.29 bits per heavy atom. The van der Waals surface area contributed by atoms with Gasteiger partial charge in [0.15, 0.2) is 0 Å². The van der Waals surface area contributed by atoms with Gasteiger partial charge in [0.05, 0.1) is 5.92 Å². The first-order valence-electron chi connectivity index (χ1n) is 7.16. The van der Waals surface area contributed by atoms with Crippen LogP contribution in [0.3, 0.4) is 0 Å². The Kier molecular flexibility index (Phi) is 1.67. The van der Waals surface area contributed by atoms with Gasteiger partial charge in [-0.05, 0) is 42.4 Å². The first kappa shape index (κ1) is 10.4. The lowest BCUT2D eigenvalue weighted by molar-refractivity contribution is -0.149. The molecule has 4 fully saturated rings. The Bertz CT molecular complexity index is 404. The maximum absolute atomic E-state index is 11.8. The number of carbonyl (C=O) groups is 1. The van der Waals surface area contributed by atoms with Gasteiger partial charge in [-0.1, -0.05) is 20.8 Å². The van der Waals surface area contributed by atoms with Crippen LogP contribution in [0.5, 0.6) is 0 Å². The summed E-state index contributed by atoms with van der Waals surface area (Å²) < 4.78 is 5.78. The van der Waals surface area contributed by atoms with E-state index in [0.717, 1.165) is 5.92 Å². The van der Waals surface area contributed by atoms with Crippen molar-refractivity contribution in [2.45, 2.75) is 52.6 Å². The van der Waals surface area contributed by atoms with Gasteiger partial charge < -0.3 is 4.74 Å². The zero-order valence-electron chi connectivity index (χ0n) is 11.0. The van der Waals surface area contributed by atoms with Crippen LogP contribution < -0.4 is 0 Å². The molecule has 0 spiro atoms. The molecule has 4 rings (SSSR count). The minimum atomic E-state index is 0.0666. The molecule has 94 valence electrons. The highest BCUT2D eigenvalue weighted by Gasteiger charge is 2.72. The van der Waals surface area contributed by atoms with E-state index in [-0.39, 0.29) is 18.0 Å². The fourth-order valence-electron chi connectivity index (χ4n) is 5.69. The summed E-state index contributed by atoms with van der Waals surface area (Å²) in [7, 11) is 0. The van der Waals surface area contributed by atoms with Crippen molar-refractivity contribution < 1.29 is 9.53 Å². The SMILES string of the molecule is C[C@H]1C(=O)OC2C1CC[C@]1(C)C[C@H]3C[C@]3(C)[C@@H]21. The first-order chi connectivity index (χ1) is 7.96. The standard InChI is InChI=1S/C15H22O2/c1-8-10-4-5-14(2)6-9-7-15(9,3)12(14)11(10)17-13(8)16/h8-12H,4-7H2,1-3H3/t8-,9+,10?,11?,12+,14-,15+/m1/s1. The highest BCUT2D eigenvalue weighted by molar-refractivity contribution is 5.75. The summed E-state index contributed by atoms with van der Waals surface area (Å²) in [6.07, 6.45) is 5.51. The van der Waals surface area contributed by atoms with E-state index in [4.69, 9.17) is 4.74 Å². The van der Waals surface area contributed by atoms with Gasteiger partial charge in [-0.15, -0.1) is 0 Å². The summed E-state index contributed by atoms with van der Waals surface area (Å²) in [5, 5.41) is 0. The molecular weight excluding hydrogens is 212 g/mol. The van der Waals surface area contributed by atoms with Crippen LogP contribution in [-0.2, 0) is 9.53 Å². The second kappa shape index (κ2) is 2.73. The number of fused-ring (bicyclic) bond motifs is 5. The summed E-state index contributed by atoms with van der Waals surface area (Å²) >= 11 is 0. The van der Waals surface area contributed by atoms with Crippen LogP contribution in [-0.4, -0.2) is 12.1 Å². The van der Waals surface area contributed by atoms with Gasteiger partial charge in [0, 0.05) is 11.8 Å². The molecule has 0 aromatic carbocycles. The quantitative estimate of drug-likeness (QED) is 0.602. The van der Waals surface area contributed by atoms with Crippen molar-refractivity contribution >= 4 is 5.97 Å². The molecule has 7 atom stereocenters. The molecule has 0 bridgehead atoms. The van der Waals surface area contributed by atoms with Crippen LogP contribution in [0, 0.1) is 34.5 Å². The molecule has 4 aliphatic rings. The molecule has 0 amide bonds. The smallest absolute Gasteiger partial charge is 0.309 e. The van der Waals surface area contributed by atoms with Crippen molar-refractivity contribution in [1.29, 1.82) is 0 Å². The van der Waals surface area contributed by atoms with Crippen LogP contribution in [0.1, 0.15) is 46.5 Å². The average Bonchev–Trinajstić information content (AvgIpc) is 2.68. The van der Waals surface area contributed by atoms with E-state index in [0.29, 0.717) is 22.7 Å². The van der Waals surface area contributed by atoms with Crippen molar-refractivity contribution in [2.24, 2.45) is 34.5 Å². The highest BCUT2D eigenvalue weighted by Crippen LogP contribution is 2.76. The van der Waals surface area contributed by atoms with E-state index in [1.54, 1.807) is 0 Å². The number of rotatable bonds is 0. The van der Waals surface area contributed by atoms with Gasteiger partial charge in [-0.2, -0.15) is 0 Å². The summed E-state index contributed by atoms with van der Waals surface area (Å²) in [6, 6.07) is 0. The average molecular weight is 234 g/mol. The molecule has 0 aromatic rings. The molecule has 3 aliphatic carbocycles. The van der Waals surface area contributed by atoms with E-state index in [1.165, 1.54) is 25.7 Å². The van der Waals surface area contributed by atoms with Crippen LogP contribution in [0.15, 0.2) is 0 Å². The second-order valence-corrected chi connectivity index (χ2v) is 7.64. The zero-order chi connectivity index (χ0) is 12.0. The lowest BCUT2D eigenvalue weighted by Crippen LogP contribution is -2.45. The van der Waals surface area contributed by atoms with Crippen LogP contribution >= 0.6 is 0 Å². The largest absolute Gasteiger partial charge is 0.461 e. The fourth-order valence-corrected chi connectivity index (χ4v) is 5.69. The summed E-state index contributed by atoms with van der Waals surface area (Å²) in [5.74, 6) is 2.29. The van der Waals surface area contributed by atoms with Crippen LogP contribution in [0.25, 0.3) is 0 Å². The molecular formula is C15H22O2. The van der Waals surface area contributed by atoms with E-state index in [9.17, 15) is 4.79 Å². The molecule has 1 aliphatic heterocycles. The summed E-state index contributed by atoms with van der Waals surface area (Å²) in [4.78, 5) is 11.8. The molecule has 0 N–H and O–H groups in total. The third-order valence-corrected chi connectivity index (χ3v) is 6.70. The van der Waals surface area contributed by atoms with Gasteiger partial charge in [-0.25, -0.2) is 0 Å². The lowest BCUT2D eigenvalue weighted by Gasteiger charge is -2.46. The molecule has 1 saturated heterocycles.